The van der Waals surface area contributed by atoms with Crippen LogP contribution >= 0.6 is 0 Å². The van der Waals surface area contributed by atoms with E-state index in [1.54, 1.807) is 22.8 Å². The maximum atomic E-state index is 15.0. The molecule has 0 amide bonds. The molecule has 4 heterocycles. The molecule has 0 radical (unpaired) electrons. The molecule has 10 heteroatoms. The molecule has 33 heavy (non-hydrogen) atoms. The van der Waals surface area contributed by atoms with Crippen LogP contribution in [0.15, 0.2) is 24.4 Å². The van der Waals surface area contributed by atoms with Crippen LogP contribution in [0, 0.1) is 6.92 Å². The largest absolute Gasteiger partial charge is 0.467 e. The first-order valence-corrected chi connectivity index (χ1v) is 11.2. The Labute approximate surface area is 191 Å². The van der Waals surface area contributed by atoms with Gasteiger partial charge in [0.25, 0.3) is 5.92 Å². The molecule has 0 N–H and O–H groups in total. The first kappa shape index (κ1) is 22.0. The molecule has 2 aliphatic rings. The van der Waals surface area contributed by atoms with Gasteiger partial charge in [-0.1, -0.05) is 0 Å². The third kappa shape index (κ3) is 4.13. The minimum Gasteiger partial charge on any atom is -0.467 e. The van der Waals surface area contributed by atoms with Crippen LogP contribution in [-0.2, 0) is 4.74 Å². The molecule has 0 aliphatic carbocycles. The van der Waals surface area contributed by atoms with Gasteiger partial charge in [-0.15, -0.1) is 0 Å². The van der Waals surface area contributed by atoms with Gasteiger partial charge in [-0.3, -0.25) is 0 Å². The van der Waals surface area contributed by atoms with Gasteiger partial charge < -0.3 is 19.3 Å². The number of methoxy groups -OCH3 is 1. The number of fused-ring (bicyclic) bond motifs is 1. The van der Waals surface area contributed by atoms with E-state index in [0.29, 0.717) is 50.7 Å². The van der Waals surface area contributed by atoms with E-state index in [2.05, 4.69) is 20.0 Å². The highest BCUT2D eigenvalue weighted by Gasteiger charge is 2.45. The van der Waals surface area contributed by atoms with Crippen molar-refractivity contribution in [3.05, 3.63) is 35.5 Å². The Hall–Kier alpha value is -2.85. The second-order valence-corrected chi connectivity index (χ2v) is 8.83. The molecule has 3 aromatic rings. The van der Waals surface area contributed by atoms with Crippen LogP contribution < -0.4 is 9.64 Å². The molecule has 5 rings (SSSR count). The minimum atomic E-state index is -2.79. The van der Waals surface area contributed by atoms with Crippen molar-refractivity contribution < 1.29 is 18.3 Å². The molecular formula is C23H28F2N6O2. The van der Waals surface area contributed by atoms with Gasteiger partial charge in [0, 0.05) is 24.5 Å². The molecule has 0 bridgehead atoms. The Bertz CT molecular complexity index is 1160. The van der Waals surface area contributed by atoms with Crippen molar-refractivity contribution in [3.63, 3.8) is 0 Å². The summed E-state index contributed by atoms with van der Waals surface area (Å²) in [6.07, 6.45) is 2.15. The molecule has 0 spiro atoms. The van der Waals surface area contributed by atoms with E-state index in [0.717, 1.165) is 22.3 Å². The lowest BCUT2D eigenvalue weighted by molar-refractivity contribution is -0.0766. The highest BCUT2D eigenvalue weighted by molar-refractivity contribution is 5.82. The number of halogens is 2. The van der Waals surface area contributed by atoms with Gasteiger partial charge in [0.1, 0.15) is 5.82 Å². The second kappa shape index (κ2) is 8.49. The van der Waals surface area contributed by atoms with Gasteiger partial charge in [-0.05, 0) is 50.2 Å². The van der Waals surface area contributed by atoms with Crippen LogP contribution in [0.1, 0.15) is 23.5 Å². The third-order valence-corrected chi connectivity index (χ3v) is 6.53. The standard InChI is InChI=1S/C23H28F2N6O2/c1-15-10-16-13-26-31(19(16)11-17(15)18-4-5-29(2)14-23(18,24)25)21-12-20(27-22(28-21)32-3)30-6-8-33-9-7-30/h10-13,18H,4-9,14H2,1-3H3. The molecule has 8 nitrogen and oxygen atoms in total. The van der Waals surface area contributed by atoms with E-state index in [-0.39, 0.29) is 12.6 Å². The van der Waals surface area contributed by atoms with Crippen molar-refractivity contribution in [3.8, 4) is 11.8 Å². The lowest BCUT2D eigenvalue weighted by atomic mass is 9.83. The zero-order chi connectivity index (χ0) is 23.2. The molecule has 1 unspecified atom stereocenters. The van der Waals surface area contributed by atoms with Crippen molar-refractivity contribution in [1.29, 1.82) is 0 Å². The summed E-state index contributed by atoms with van der Waals surface area (Å²) in [5.41, 5.74) is 2.25. The highest BCUT2D eigenvalue weighted by atomic mass is 19.3. The fourth-order valence-electron chi connectivity index (χ4n) is 4.81. The molecule has 176 valence electrons. The summed E-state index contributed by atoms with van der Waals surface area (Å²) in [6.45, 7) is 4.98. The fraction of sp³-hybridized carbons (Fsp3) is 0.522. The predicted octanol–water partition coefficient (Wildman–Crippen LogP) is 3.02. The Kier molecular flexibility index (Phi) is 5.65. The summed E-state index contributed by atoms with van der Waals surface area (Å²) < 4.78 is 42.4. The number of nitrogens with zero attached hydrogens (tertiary/aromatic N) is 6. The molecule has 2 fully saturated rings. The molecule has 2 aromatic heterocycles. The summed E-state index contributed by atoms with van der Waals surface area (Å²) in [5, 5.41) is 5.41. The van der Waals surface area contributed by atoms with Crippen molar-refractivity contribution in [2.45, 2.75) is 25.2 Å². The topological polar surface area (TPSA) is 68.5 Å². The van der Waals surface area contributed by atoms with E-state index in [4.69, 9.17) is 9.47 Å². The average Bonchev–Trinajstić information content (AvgIpc) is 3.21. The maximum Gasteiger partial charge on any atom is 0.320 e. The van der Waals surface area contributed by atoms with Crippen LogP contribution in [-0.4, -0.2) is 84.1 Å². The number of aryl methyl sites for hydroxylation is 1. The van der Waals surface area contributed by atoms with Crippen LogP contribution in [0.2, 0.25) is 0 Å². The van der Waals surface area contributed by atoms with E-state index in [1.807, 2.05) is 25.1 Å². The number of aromatic nitrogens is 4. The molecule has 2 saturated heterocycles. The van der Waals surface area contributed by atoms with Crippen LogP contribution in [0.5, 0.6) is 6.01 Å². The molecular weight excluding hydrogens is 430 g/mol. The zero-order valence-electron chi connectivity index (χ0n) is 19.1. The van der Waals surface area contributed by atoms with Gasteiger partial charge in [0.2, 0.25) is 0 Å². The van der Waals surface area contributed by atoms with Gasteiger partial charge >= 0.3 is 6.01 Å². The highest BCUT2D eigenvalue weighted by Crippen LogP contribution is 2.42. The SMILES string of the molecule is COc1nc(N2CCOCC2)cc(-n2ncc3cc(C)c(C4CCN(C)CC4(F)F)cc32)n1. The van der Waals surface area contributed by atoms with Crippen molar-refractivity contribution >= 4 is 16.7 Å². The number of ether oxygens (including phenoxy) is 2. The molecule has 1 atom stereocenters. The van der Waals surface area contributed by atoms with E-state index in [1.165, 1.54) is 7.11 Å². The Morgan fingerprint density at radius 2 is 1.85 bits per heavy atom. The quantitative estimate of drug-likeness (QED) is 0.595. The number of anilines is 1. The van der Waals surface area contributed by atoms with Gasteiger partial charge in [0.05, 0.1) is 44.5 Å². The number of rotatable bonds is 4. The van der Waals surface area contributed by atoms with E-state index < -0.39 is 11.8 Å². The predicted molar refractivity (Wildman–Crippen MR) is 121 cm³/mol. The van der Waals surface area contributed by atoms with Crippen molar-refractivity contribution in [2.75, 3.05) is 58.5 Å². The number of hydrogen-bond acceptors (Lipinski definition) is 7. The summed E-state index contributed by atoms with van der Waals surface area (Å²) in [4.78, 5) is 12.8. The number of morpholine rings is 1. The van der Waals surface area contributed by atoms with Gasteiger partial charge in [-0.2, -0.15) is 15.1 Å². The first-order chi connectivity index (χ1) is 15.9. The summed E-state index contributed by atoms with van der Waals surface area (Å²) in [5.74, 6) is -2.37. The summed E-state index contributed by atoms with van der Waals surface area (Å²) >= 11 is 0. The van der Waals surface area contributed by atoms with Crippen LogP contribution in [0.4, 0.5) is 14.6 Å². The number of benzene rings is 1. The Balaban J connectivity index is 1.59. The molecule has 2 aliphatic heterocycles. The lowest BCUT2D eigenvalue weighted by Crippen LogP contribution is -2.45. The normalized spacial score (nSPS) is 21.5. The van der Waals surface area contributed by atoms with Gasteiger partial charge in [0.15, 0.2) is 5.82 Å². The average molecular weight is 459 g/mol. The number of piperidine rings is 1. The van der Waals surface area contributed by atoms with Crippen LogP contribution in [0.3, 0.4) is 0 Å². The van der Waals surface area contributed by atoms with Crippen molar-refractivity contribution in [1.82, 2.24) is 24.6 Å². The first-order valence-electron chi connectivity index (χ1n) is 11.2. The van der Waals surface area contributed by atoms with Crippen LogP contribution in [0.25, 0.3) is 16.7 Å². The summed E-state index contributed by atoms with van der Waals surface area (Å²) in [7, 11) is 3.26. The number of likely N-dealkylation sites (tertiary alicyclic amines) is 1. The van der Waals surface area contributed by atoms with Gasteiger partial charge in [-0.25, -0.2) is 13.5 Å². The number of hydrogen-bond donors (Lipinski definition) is 0. The Morgan fingerprint density at radius 1 is 1.09 bits per heavy atom. The maximum absolute atomic E-state index is 15.0. The van der Waals surface area contributed by atoms with E-state index >= 15 is 0 Å². The minimum absolute atomic E-state index is 0.229. The second-order valence-electron chi connectivity index (χ2n) is 8.83. The molecule has 0 saturated carbocycles. The monoisotopic (exact) mass is 458 g/mol. The van der Waals surface area contributed by atoms with E-state index in [9.17, 15) is 8.78 Å². The third-order valence-electron chi connectivity index (χ3n) is 6.53. The lowest BCUT2D eigenvalue weighted by Gasteiger charge is -2.37. The molecule has 1 aromatic carbocycles. The fourth-order valence-corrected chi connectivity index (χ4v) is 4.81. The zero-order valence-corrected chi connectivity index (χ0v) is 19.1. The Morgan fingerprint density at radius 3 is 2.58 bits per heavy atom. The smallest absolute Gasteiger partial charge is 0.320 e. The number of alkyl halides is 2. The summed E-state index contributed by atoms with van der Waals surface area (Å²) in [6, 6.07) is 5.87. The van der Waals surface area contributed by atoms with Crippen molar-refractivity contribution in [2.24, 2.45) is 0 Å².